The van der Waals surface area contributed by atoms with Gasteiger partial charge >= 0.3 is 0 Å². The van der Waals surface area contributed by atoms with Crippen LogP contribution in [0.15, 0.2) is 45.9 Å². The summed E-state index contributed by atoms with van der Waals surface area (Å²) in [6.45, 7) is 2.34. The zero-order chi connectivity index (χ0) is 19.0. The monoisotopic (exact) mass is 400 g/mol. The van der Waals surface area contributed by atoms with Crippen molar-refractivity contribution >= 4 is 27.5 Å². The molecule has 0 aliphatic heterocycles. The van der Waals surface area contributed by atoms with Crippen molar-refractivity contribution in [2.45, 2.75) is 31.2 Å². The van der Waals surface area contributed by atoms with Crippen LogP contribution in [0.25, 0.3) is 0 Å². The first-order chi connectivity index (χ1) is 12.4. The van der Waals surface area contributed by atoms with E-state index in [-0.39, 0.29) is 34.7 Å². The topological polar surface area (TPSA) is 97.6 Å². The summed E-state index contributed by atoms with van der Waals surface area (Å²) >= 11 is 6.07. The molecule has 26 heavy (non-hydrogen) atoms. The molecular weight excluding hydrogens is 380 g/mol. The van der Waals surface area contributed by atoms with Gasteiger partial charge in [-0.25, -0.2) is 13.1 Å². The number of halogens is 1. The second-order valence-corrected chi connectivity index (χ2v) is 7.66. The Labute approximate surface area is 157 Å². The van der Waals surface area contributed by atoms with E-state index in [9.17, 15) is 13.2 Å². The second-order valence-electron chi connectivity index (χ2n) is 5.49. The van der Waals surface area contributed by atoms with E-state index in [4.69, 9.17) is 20.8 Å². The quantitative estimate of drug-likeness (QED) is 0.597. The minimum Gasteiger partial charge on any atom is -0.482 e. The molecule has 2 aromatic rings. The highest BCUT2D eigenvalue weighted by molar-refractivity contribution is 7.89. The first-order valence-electron chi connectivity index (χ1n) is 8.13. The lowest BCUT2D eigenvalue weighted by Gasteiger charge is -2.10. The molecular formula is C17H21ClN2O5S. The highest BCUT2D eigenvalue weighted by Gasteiger charge is 2.16. The van der Waals surface area contributed by atoms with Gasteiger partial charge in [0.25, 0.3) is 5.91 Å². The van der Waals surface area contributed by atoms with E-state index in [0.717, 1.165) is 12.8 Å². The molecule has 1 amide bonds. The van der Waals surface area contributed by atoms with Crippen molar-refractivity contribution in [1.29, 1.82) is 0 Å². The van der Waals surface area contributed by atoms with Crippen molar-refractivity contribution in [2.24, 2.45) is 0 Å². The molecule has 2 rings (SSSR count). The van der Waals surface area contributed by atoms with Crippen molar-refractivity contribution in [3.05, 3.63) is 47.4 Å². The van der Waals surface area contributed by atoms with Gasteiger partial charge < -0.3 is 14.5 Å². The zero-order valence-electron chi connectivity index (χ0n) is 14.3. The minimum absolute atomic E-state index is 0.0493. The molecule has 142 valence electrons. The van der Waals surface area contributed by atoms with Gasteiger partial charge in [0.05, 0.1) is 22.7 Å². The van der Waals surface area contributed by atoms with Gasteiger partial charge in [-0.05, 0) is 36.8 Å². The average molecular weight is 401 g/mol. The zero-order valence-corrected chi connectivity index (χ0v) is 15.9. The second kappa shape index (κ2) is 9.61. The smallest absolute Gasteiger partial charge is 0.258 e. The van der Waals surface area contributed by atoms with Crippen LogP contribution < -0.4 is 14.8 Å². The third-order valence-electron chi connectivity index (χ3n) is 3.43. The number of amides is 1. The predicted octanol–water partition coefficient (Wildman–Crippen LogP) is 2.71. The van der Waals surface area contributed by atoms with E-state index < -0.39 is 10.0 Å². The maximum absolute atomic E-state index is 12.2. The Bertz CT molecular complexity index is 822. The summed E-state index contributed by atoms with van der Waals surface area (Å²) in [5.74, 6) is 0.504. The third kappa shape index (κ3) is 6.05. The van der Waals surface area contributed by atoms with E-state index in [2.05, 4.69) is 10.0 Å². The number of unbranched alkanes of at least 4 members (excludes halogenated alkanes) is 1. The molecule has 0 fully saturated rings. The van der Waals surface area contributed by atoms with Crippen LogP contribution in [0.1, 0.15) is 25.5 Å². The van der Waals surface area contributed by atoms with Crippen LogP contribution >= 0.6 is 11.6 Å². The standard InChI is InChI=1S/C17H21ClN2O5S/c1-2-3-8-20-26(22,23)14-6-7-16(15(18)10-14)25-12-17(21)19-11-13-5-4-9-24-13/h4-7,9-10,20H,2-3,8,11-12H2,1H3,(H,19,21). The first kappa shape index (κ1) is 20.3. The van der Waals surface area contributed by atoms with E-state index in [1.165, 1.54) is 24.5 Å². The lowest BCUT2D eigenvalue weighted by atomic mass is 10.3. The van der Waals surface area contributed by atoms with Gasteiger partial charge in [-0.2, -0.15) is 0 Å². The van der Waals surface area contributed by atoms with Gasteiger partial charge in [0.2, 0.25) is 10.0 Å². The van der Waals surface area contributed by atoms with Crippen molar-refractivity contribution < 1.29 is 22.4 Å². The number of rotatable bonds is 10. The summed E-state index contributed by atoms with van der Waals surface area (Å²) in [6, 6.07) is 7.58. The fourth-order valence-electron chi connectivity index (χ4n) is 2.03. The summed E-state index contributed by atoms with van der Waals surface area (Å²) < 4.78 is 37.3. The molecule has 0 saturated heterocycles. The van der Waals surface area contributed by atoms with Crippen LogP contribution in [0.4, 0.5) is 0 Å². The predicted molar refractivity (Wildman–Crippen MR) is 97.6 cm³/mol. The van der Waals surface area contributed by atoms with Crippen LogP contribution in [0, 0.1) is 0 Å². The van der Waals surface area contributed by atoms with E-state index in [0.29, 0.717) is 12.3 Å². The Morgan fingerprint density at radius 2 is 2.12 bits per heavy atom. The van der Waals surface area contributed by atoms with E-state index >= 15 is 0 Å². The van der Waals surface area contributed by atoms with Crippen molar-refractivity contribution in [1.82, 2.24) is 10.0 Å². The maximum atomic E-state index is 12.2. The molecule has 1 heterocycles. The van der Waals surface area contributed by atoms with Crippen LogP contribution in [0.2, 0.25) is 5.02 Å². The Balaban J connectivity index is 1.89. The Kier molecular flexibility index (Phi) is 7.50. The van der Waals surface area contributed by atoms with Gasteiger partial charge in [-0.3, -0.25) is 4.79 Å². The Hall–Kier alpha value is -2.03. The highest BCUT2D eigenvalue weighted by Crippen LogP contribution is 2.27. The lowest BCUT2D eigenvalue weighted by molar-refractivity contribution is -0.123. The third-order valence-corrected chi connectivity index (χ3v) is 5.19. The minimum atomic E-state index is -3.62. The van der Waals surface area contributed by atoms with E-state index in [1.807, 2.05) is 6.92 Å². The lowest BCUT2D eigenvalue weighted by Crippen LogP contribution is -2.28. The van der Waals surface area contributed by atoms with E-state index in [1.54, 1.807) is 12.1 Å². The number of carbonyl (C=O) groups excluding carboxylic acids is 1. The molecule has 1 aromatic heterocycles. The number of hydrogen-bond acceptors (Lipinski definition) is 5. The molecule has 0 aliphatic rings. The summed E-state index contributed by atoms with van der Waals surface area (Å²) in [6.07, 6.45) is 3.16. The summed E-state index contributed by atoms with van der Waals surface area (Å²) in [7, 11) is -3.62. The Morgan fingerprint density at radius 3 is 2.77 bits per heavy atom. The van der Waals surface area contributed by atoms with Crippen LogP contribution in [0.5, 0.6) is 5.75 Å². The van der Waals surface area contributed by atoms with Gasteiger partial charge in [0.15, 0.2) is 6.61 Å². The Morgan fingerprint density at radius 1 is 1.31 bits per heavy atom. The normalized spacial score (nSPS) is 11.3. The van der Waals surface area contributed by atoms with Crippen LogP contribution in [-0.4, -0.2) is 27.5 Å². The molecule has 0 unspecified atom stereocenters. The molecule has 1 aromatic carbocycles. The van der Waals surface area contributed by atoms with Crippen LogP contribution in [-0.2, 0) is 21.4 Å². The summed E-state index contributed by atoms with van der Waals surface area (Å²) in [5.41, 5.74) is 0. The van der Waals surface area contributed by atoms with Crippen molar-refractivity contribution in [3.8, 4) is 5.75 Å². The number of ether oxygens (including phenoxy) is 1. The molecule has 0 saturated carbocycles. The maximum Gasteiger partial charge on any atom is 0.258 e. The number of nitrogens with one attached hydrogen (secondary N) is 2. The van der Waals surface area contributed by atoms with Gasteiger partial charge in [-0.15, -0.1) is 0 Å². The fourth-order valence-corrected chi connectivity index (χ4v) is 3.43. The first-order valence-corrected chi connectivity index (χ1v) is 9.99. The SMILES string of the molecule is CCCCNS(=O)(=O)c1ccc(OCC(=O)NCc2ccco2)c(Cl)c1. The van der Waals surface area contributed by atoms with Gasteiger partial charge in [0, 0.05) is 6.54 Å². The molecule has 7 nitrogen and oxygen atoms in total. The number of benzene rings is 1. The molecule has 0 radical (unpaired) electrons. The molecule has 0 aliphatic carbocycles. The number of carbonyl (C=O) groups is 1. The molecule has 9 heteroatoms. The summed E-state index contributed by atoms with van der Waals surface area (Å²) in [4.78, 5) is 11.8. The van der Waals surface area contributed by atoms with Crippen molar-refractivity contribution in [2.75, 3.05) is 13.2 Å². The van der Waals surface area contributed by atoms with Gasteiger partial charge in [-0.1, -0.05) is 24.9 Å². The molecule has 0 spiro atoms. The highest BCUT2D eigenvalue weighted by atomic mass is 35.5. The molecule has 0 bridgehead atoms. The number of furan rings is 1. The fraction of sp³-hybridized carbons (Fsp3) is 0.353. The number of hydrogen-bond donors (Lipinski definition) is 2. The largest absolute Gasteiger partial charge is 0.482 e. The number of sulfonamides is 1. The van der Waals surface area contributed by atoms with Crippen molar-refractivity contribution in [3.63, 3.8) is 0 Å². The van der Waals surface area contributed by atoms with Crippen LogP contribution in [0.3, 0.4) is 0 Å². The average Bonchev–Trinajstić information content (AvgIpc) is 3.12. The molecule has 2 N–H and O–H groups in total. The summed E-state index contributed by atoms with van der Waals surface area (Å²) in [5, 5.41) is 2.75. The molecule has 0 atom stereocenters. The van der Waals surface area contributed by atoms with Gasteiger partial charge in [0.1, 0.15) is 11.5 Å².